The molecule has 1 N–H and O–H groups in total. The van der Waals surface area contributed by atoms with E-state index in [0.29, 0.717) is 12.2 Å². The second kappa shape index (κ2) is 6.00. The van der Waals surface area contributed by atoms with Gasteiger partial charge in [-0.3, -0.25) is 0 Å². The summed E-state index contributed by atoms with van der Waals surface area (Å²) in [5.74, 6) is 2.40. The van der Waals surface area contributed by atoms with Crippen molar-refractivity contribution in [1.29, 1.82) is 0 Å². The maximum absolute atomic E-state index is 6.43. The molecule has 4 saturated heterocycles. The largest absolute Gasteiger partial charge is 0.374 e. The Bertz CT molecular complexity index is 367. The van der Waals surface area contributed by atoms with Crippen molar-refractivity contribution in [3.05, 3.63) is 0 Å². The molecule has 21 heavy (non-hydrogen) atoms. The summed E-state index contributed by atoms with van der Waals surface area (Å²) in [6, 6.07) is 0. The summed E-state index contributed by atoms with van der Waals surface area (Å²) < 4.78 is 18.7. The van der Waals surface area contributed by atoms with E-state index in [4.69, 9.17) is 14.2 Å². The molecule has 3 unspecified atom stereocenters. The number of ether oxygens (including phenoxy) is 3. The number of rotatable bonds is 2. The molecule has 2 spiro atoms. The Balaban J connectivity index is 1.32. The number of piperidine rings is 1. The van der Waals surface area contributed by atoms with Crippen LogP contribution in [-0.2, 0) is 14.2 Å². The van der Waals surface area contributed by atoms with E-state index in [0.717, 1.165) is 64.2 Å². The van der Waals surface area contributed by atoms with Crippen LogP contribution in [-0.4, -0.2) is 61.2 Å². The second-order valence-corrected chi connectivity index (χ2v) is 8.26. The van der Waals surface area contributed by atoms with Crippen molar-refractivity contribution in [1.82, 2.24) is 5.32 Å². The van der Waals surface area contributed by atoms with Crippen LogP contribution in [0.3, 0.4) is 0 Å². The molecule has 3 atom stereocenters. The van der Waals surface area contributed by atoms with Crippen molar-refractivity contribution in [3.63, 3.8) is 0 Å². The van der Waals surface area contributed by atoms with Crippen molar-refractivity contribution in [2.75, 3.05) is 37.8 Å². The molecule has 4 aliphatic heterocycles. The van der Waals surface area contributed by atoms with Gasteiger partial charge in [0, 0.05) is 25.2 Å². The molecule has 4 fully saturated rings. The number of hydrogen-bond acceptors (Lipinski definition) is 5. The smallest absolute Gasteiger partial charge is 0.0840 e. The molecule has 0 bridgehead atoms. The van der Waals surface area contributed by atoms with E-state index in [1.54, 1.807) is 0 Å². The Morgan fingerprint density at radius 2 is 1.86 bits per heavy atom. The number of nitrogens with one attached hydrogen (secondary N) is 1. The molecule has 4 aliphatic rings. The highest BCUT2D eigenvalue weighted by atomic mass is 32.2. The van der Waals surface area contributed by atoms with Crippen LogP contribution in [0, 0.1) is 0 Å². The third-order valence-electron chi connectivity index (χ3n) is 5.59. The van der Waals surface area contributed by atoms with Crippen LogP contribution in [0.5, 0.6) is 0 Å². The van der Waals surface area contributed by atoms with Gasteiger partial charge in [0.15, 0.2) is 0 Å². The first kappa shape index (κ1) is 14.8. The molecule has 120 valence electrons. The van der Waals surface area contributed by atoms with Crippen LogP contribution in [0.1, 0.15) is 38.5 Å². The fourth-order valence-corrected chi connectivity index (χ4v) is 5.73. The molecule has 0 radical (unpaired) electrons. The zero-order chi connectivity index (χ0) is 14.2. The minimum atomic E-state index is 0.113. The normalized spacial score (nSPS) is 42.9. The third-order valence-corrected chi connectivity index (χ3v) is 6.81. The summed E-state index contributed by atoms with van der Waals surface area (Å²) in [6.07, 6.45) is 7.40. The lowest BCUT2D eigenvalue weighted by Crippen LogP contribution is -2.44. The van der Waals surface area contributed by atoms with Crippen molar-refractivity contribution >= 4 is 11.8 Å². The third kappa shape index (κ3) is 3.13. The standard InChI is InChI=1S/C16H27NO3S/c1-7-18-16(4-8-21-12-16)9-13(1)20-14-10-15(19-11-14)2-5-17-6-3-15/h13-14,17H,1-12H2. The summed E-state index contributed by atoms with van der Waals surface area (Å²) in [4.78, 5) is 0. The Labute approximate surface area is 131 Å². The fourth-order valence-electron chi connectivity index (χ4n) is 4.36. The van der Waals surface area contributed by atoms with Gasteiger partial charge in [0.2, 0.25) is 0 Å². The molecule has 4 heterocycles. The Morgan fingerprint density at radius 1 is 1.00 bits per heavy atom. The van der Waals surface area contributed by atoms with Gasteiger partial charge >= 0.3 is 0 Å². The van der Waals surface area contributed by atoms with Crippen LogP contribution >= 0.6 is 11.8 Å². The fraction of sp³-hybridized carbons (Fsp3) is 1.00. The molecule has 0 amide bonds. The van der Waals surface area contributed by atoms with Crippen LogP contribution in [0.4, 0.5) is 0 Å². The molecular formula is C16H27NO3S. The first-order valence-corrected chi connectivity index (χ1v) is 9.65. The maximum atomic E-state index is 6.43. The maximum Gasteiger partial charge on any atom is 0.0840 e. The summed E-state index contributed by atoms with van der Waals surface area (Å²) >= 11 is 2.03. The molecule has 0 aromatic heterocycles. The molecular weight excluding hydrogens is 286 g/mol. The molecule has 0 saturated carbocycles. The zero-order valence-corrected chi connectivity index (χ0v) is 13.6. The van der Waals surface area contributed by atoms with Gasteiger partial charge in [-0.25, -0.2) is 0 Å². The van der Waals surface area contributed by atoms with E-state index in [9.17, 15) is 0 Å². The molecule has 4 rings (SSSR count). The van der Waals surface area contributed by atoms with E-state index in [1.807, 2.05) is 11.8 Å². The Kier molecular flexibility index (Phi) is 4.22. The lowest BCUT2D eigenvalue weighted by atomic mass is 9.88. The summed E-state index contributed by atoms with van der Waals surface area (Å²) in [5, 5.41) is 3.43. The average Bonchev–Trinajstić information content (AvgIpc) is 3.09. The summed E-state index contributed by atoms with van der Waals surface area (Å²) in [5.41, 5.74) is 0.238. The Morgan fingerprint density at radius 3 is 2.67 bits per heavy atom. The van der Waals surface area contributed by atoms with Gasteiger partial charge in [0.05, 0.1) is 30.0 Å². The van der Waals surface area contributed by atoms with Crippen molar-refractivity contribution < 1.29 is 14.2 Å². The van der Waals surface area contributed by atoms with E-state index >= 15 is 0 Å². The number of thioether (sulfide) groups is 1. The van der Waals surface area contributed by atoms with E-state index in [-0.39, 0.29) is 11.2 Å². The highest BCUT2D eigenvalue weighted by molar-refractivity contribution is 7.99. The SMILES string of the molecule is C1CC2(CCN1)CC(OC1CCOC3(CCSC3)C1)CO2. The highest BCUT2D eigenvalue weighted by Gasteiger charge is 2.45. The van der Waals surface area contributed by atoms with Gasteiger partial charge in [0.1, 0.15) is 0 Å². The van der Waals surface area contributed by atoms with Gasteiger partial charge in [-0.1, -0.05) is 0 Å². The predicted molar refractivity (Wildman–Crippen MR) is 83.9 cm³/mol. The van der Waals surface area contributed by atoms with Gasteiger partial charge < -0.3 is 19.5 Å². The van der Waals surface area contributed by atoms with Crippen LogP contribution in [0.25, 0.3) is 0 Å². The number of hydrogen-bond donors (Lipinski definition) is 1. The van der Waals surface area contributed by atoms with Gasteiger partial charge in [-0.05, 0) is 44.5 Å². The van der Waals surface area contributed by atoms with Crippen molar-refractivity contribution in [2.45, 2.75) is 61.9 Å². The Hall–Kier alpha value is 0.190. The summed E-state index contributed by atoms with van der Waals surface area (Å²) in [6.45, 7) is 3.83. The van der Waals surface area contributed by atoms with Crippen molar-refractivity contribution in [3.8, 4) is 0 Å². The van der Waals surface area contributed by atoms with E-state index in [2.05, 4.69) is 5.32 Å². The first-order chi connectivity index (χ1) is 10.3. The predicted octanol–water partition coefficient (Wildman–Crippen LogP) is 1.97. The molecule has 0 aromatic carbocycles. The van der Waals surface area contributed by atoms with Crippen LogP contribution in [0.15, 0.2) is 0 Å². The van der Waals surface area contributed by atoms with Crippen molar-refractivity contribution in [2.24, 2.45) is 0 Å². The zero-order valence-electron chi connectivity index (χ0n) is 12.8. The lowest BCUT2D eigenvalue weighted by Gasteiger charge is -2.38. The quantitative estimate of drug-likeness (QED) is 0.844. The van der Waals surface area contributed by atoms with Crippen LogP contribution in [0.2, 0.25) is 0 Å². The molecule has 4 nitrogen and oxygen atoms in total. The first-order valence-electron chi connectivity index (χ1n) is 8.50. The summed E-state index contributed by atoms with van der Waals surface area (Å²) in [7, 11) is 0. The monoisotopic (exact) mass is 313 g/mol. The average molecular weight is 313 g/mol. The van der Waals surface area contributed by atoms with Gasteiger partial charge in [0.25, 0.3) is 0 Å². The molecule has 0 aliphatic carbocycles. The second-order valence-electron chi connectivity index (χ2n) is 7.16. The van der Waals surface area contributed by atoms with Gasteiger partial charge in [-0.2, -0.15) is 11.8 Å². The minimum Gasteiger partial charge on any atom is -0.374 e. The van der Waals surface area contributed by atoms with Gasteiger partial charge in [-0.15, -0.1) is 0 Å². The van der Waals surface area contributed by atoms with E-state index < -0.39 is 0 Å². The highest BCUT2D eigenvalue weighted by Crippen LogP contribution is 2.41. The van der Waals surface area contributed by atoms with E-state index in [1.165, 1.54) is 12.2 Å². The lowest BCUT2D eigenvalue weighted by molar-refractivity contribution is -0.136. The minimum absolute atomic E-state index is 0.113. The topological polar surface area (TPSA) is 39.7 Å². The molecule has 5 heteroatoms. The molecule has 0 aromatic rings. The van der Waals surface area contributed by atoms with Crippen LogP contribution < -0.4 is 5.32 Å².